The van der Waals surface area contributed by atoms with E-state index in [1.807, 2.05) is 12.1 Å². The van der Waals surface area contributed by atoms with Crippen LogP contribution in [0.3, 0.4) is 0 Å². The van der Waals surface area contributed by atoms with Crippen molar-refractivity contribution in [2.24, 2.45) is 0 Å². The van der Waals surface area contributed by atoms with Gasteiger partial charge in [0.05, 0.1) is 4.90 Å². The lowest BCUT2D eigenvalue weighted by molar-refractivity contribution is -0.132. The molecule has 0 spiro atoms. The Labute approximate surface area is 159 Å². The molecule has 144 valence electrons. The molecule has 1 aromatic carbocycles. The Balaban J connectivity index is 1.82. The first-order valence-electron chi connectivity index (χ1n) is 9.16. The van der Waals surface area contributed by atoms with Crippen molar-refractivity contribution in [1.82, 2.24) is 10.8 Å². The normalized spacial score (nSPS) is 21.3. The number of sulfone groups is 1. The van der Waals surface area contributed by atoms with Crippen LogP contribution in [0.1, 0.15) is 44.9 Å². The van der Waals surface area contributed by atoms with E-state index in [2.05, 4.69) is 5.32 Å². The van der Waals surface area contributed by atoms with Crippen LogP contribution in [0.25, 0.3) is 0 Å². The summed E-state index contributed by atoms with van der Waals surface area (Å²) in [6, 6.07) is 6.85. The number of piperidine rings is 1. The highest BCUT2D eigenvalue weighted by molar-refractivity contribution is 8.00. The van der Waals surface area contributed by atoms with E-state index in [4.69, 9.17) is 5.21 Å². The highest BCUT2D eigenvalue weighted by atomic mass is 32.2. The molecule has 1 saturated heterocycles. The van der Waals surface area contributed by atoms with Crippen molar-refractivity contribution in [3.8, 4) is 0 Å². The fraction of sp³-hybridized carbons (Fsp3) is 0.611. The molecule has 3 N–H and O–H groups in total. The molecule has 0 radical (unpaired) electrons. The third kappa shape index (κ3) is 3.78. The molecular formula is C18H26N2O4S2. The zero-order valence-corrected chi connectivity index (χ0v) is 16.4. The van der Waals surface area contributed by atoms with Gasteiger partial charge in [-0.25, -0.2) is 13.9 Å². The van der Waals surface area contributed by atoms with Crippen LogP contribution in [0.5, 0.6) is 0 Å². The minimum Gasteiger partial charge on any atom is -0.317 e. The van der Waals surface area contributed by atoms with Gasteiger partial charge in [0.2, 0.25) is 0 Å². The molecule has 2 aliphatic rings. The number of rotatable bonds is 5. The molecule has 0 atom stereocenters. The summed E-state index contributed by atoms with van der Waals surface area (Å²) in [5, 5.41) is 12.8. The monoisotopic (exact) mass is 398 g/mol. The zero-order valence-electron chi connectivity index (χ0n) is 14.7. The SMILES string of the molecule is O=C(NO)C1(S(=O)(=O)c2ccc(SC3CCCCC3)cc2)CCNCC1. The zero-order chi connectivity index (χ0) is 18.6. The summed E-state index contributed by atoms with van der Waals surface area (Å²) < 4.78 is 24.8. The smallest absolute Gasteiger partial charge is 0.265 e. The maximum absolute atomic E-state index is 13.2. The van der Waals surface area contributed by atoms with Crippen LogP contribution in [-0.4, -0.2) is 42.6 Å². The lowest BCUT2D eigenvalue weighted by atomic mass is 9.96. The topological polar surface area (TPSA) is 95.5 Å². The van der Waals surface area contributed by atoms with Crippen molar-refractivity contribution in [3.05, 3.63) is 24.3 Å². The Morgan fingerprint density at radius 1 is 1.12 bits per heavy atom. The van der Waals surface area contributed by atoms with Gasteiger partial charge >= 0.3 is 0 Å². The average Bonchev–Trinajstić information content (AvgIpc) is 2.69. The van der Waals surface area contributed by atoms with Crippen LogP contribution >= 0.6 is 11.8 Å². The van der Waals surface area contributed by atoms with Crippen molar-refractivity contribution in [1.29, 1.82) is 0 Å². The van der Waals surface area contributed by atoms with E-state index < -0.39 is 20.5 Å². The molecule has 1 saturated carbocycles. The number of carbonyl (C=O) groups excluding carboxylic acids is 1. The van der Waals surface area contributed by atoms with Gasteiger partial charge in [0.25, 0.3) is 5.91 Å². The van der Waals surface area contributed by atoms with Crippen molar-refractivity contribution in [3.63, 3.8) is 0 Å². The fourth-order valence-corrected chi connectivity index (χ4v) is 7.07. The van der Waals surface area contributed by atoms with Gasteiger partial charge in [0.15, 0.2) is 14.6 Å². The second-order valence-electron chi connectivity index (χ2n) is 7.04. The molecule has 1 aromatic rings. The van der Waals surface area contributed by atoms with Gasteiger partial charge < -0.3 is 5.32 Å². The van der Waals surface area contributed by atoms with E-state index in [0.29, 0.717) is 18.3 Å². The maximum Gasteiger partial charge on any atom is 0.265 e. The summed E-state index contributed by atoms with van der Waals surface area (Å²) in [4.78, 5) is 13.5. The molecule has 0 bridgehead atoms. The Bertz CT molecular complexity index is 722. The molecule has 6 nitrogen and oxygen atoms in total. The highest BCUT2D eigenvalue weighted by Gasteiger charge is 2.51. The first kappa shape index (κ1) is 19.7. The van der Waals surface area contributed by atoms with E-state index in [9.17, 15) is 13.2 Å². The molecular weight excluding hydrogens is 372 g/mol. The highest BCUT2D eigenvalue weighted by Crippen LogP contribution is 2.37. The second-order valence-corrected chi connectivity index (χ2v) is 10.7. The van der Waals surface area contributed by atoms with Crippen molar-refractivity contribution in [2.45, 2.75) is 64.7 Å². The predicted octanol–water partition coefficient (Wildman–Crippen LogP) is 2.51. The van der Waals surface area contributed by atoms with Crippen LogP contribution in [-0.2, 0) is 14.6 Å². The van der Waals surface area contributed by atoms with Crippen LogP contribution in [0, 0.1) is 0 Å². The van der Waals surface area contributed by atoms with Gasteiger partial charge in [-0.05, 0) is 63.0 Å². The first-order chi connectivity index (χ1) is 12.5. The summed E-state index contributed by atoms with van der Waals surface area (Å²) >= 11 is 1.81. The summed E-state index contributed by atoms with van der Waals surface area (Å²) in [5.74, 6) is -0.848. The van der Waals surface area contributed by atoms with Gasteiger partial charge in [-0.1, -0.05) is 19.3 Å². The van der Waals surface area contributed by atoms with E-state index in [-0.39, 0.29) is 17.7 Å². The lowest BCUT2D eigenvalue weighted by Crippen LogP contribution is -2.57. The van der Waals surface area contributed by atoms with Crippen LogP contribution in [0.15, 0.2) is 34.1 Å². The molecule has 26 heavy (non-hydrogen) atoms. The Hall–Kier alpha value is -1.09. The Kier molecular flexibility index (Phi) is 6.27. The number of benzene rings is 1. The number of hydrogen-bond donors (Lipinski definition) is 3. The minimum absolute atomic E-state index is 0.135. The number of nitrogens with one attached hydrogen (secondary N) is 2. The van der Waals surface area contributed by atoms with Gasteiger partial charge in [-0.3, -0.25) is 10.0 Å². The Morgan fingerprint density at radius 3 is 2.31 bits per heavy atom. The molecule has 1 amide bonds. The molecule has 2 fully saturated rings. The molecule has 1 heterocycles. The largest absolute Gasteiger partial charge is 0.317 e. The lowest BCUT2D eigenvalue weighted by Gasteiger charge is -2.34. The summed E-state index contributed by atoms with van der Waals surface area (Å²) in [7, 11) is -3.91. The number of hydrogen-bond acceptors (Lipinski definition) is 6. The molecule has 1 aliphatic heterocycles. The summed E-state index contributed by atoms with van der Waals surface area (Å²) in [6.45, 7) is 0.838. The molecule has 1 aliphatic carbocycles. The van der Waals surface area contributed by atoms with Crippen LogP contribution in [0.4, 0.5) is 0 Å². The van der Waals surface area contributed by atoms with E-state index in [0.717, 1.165) is 4.90 Å². The second kappa shape index (κ2) is 8.29. The molecule has 8 heteroatoms. The van der Waals surface area contributed by atoms with Gasteiger partial charge in [-0.15, -0.1) is 11.8 Å². The standard InChI is InChI=1S/C18H26N2O4S2/c21-17(20-22)18(10-12-19-13-11-18)26(23,24)16-8-6-15(7-9-16)25-14-4-2-1-3-5-14/h6-9,14,19,22H,1-5,10-13H2,(H,20,21). The fourth-order valence-electron chi connectivity index (χ4n) is 3.85. The van der Waals surface area contributed by atoms with Crippen molar-refractivity contribution < 1.29 is 18.4 Å². The van der Waals surface area contributed by atoms with E-state index >= 15 is 0 Å². The van der Waals surface area contributed by atoms with Crippen LogP contribution < -0.4 is 10.8 Å². The van der Waals surface area contributed by atoms with Gasteiger partial charge in [0, 0.05) is 10.1 Å². The molecule has 0 unspecified atom stereocenters. The molecule has 0 aromatic heterocycles. The number of amides is 1. The number of hydroxylamine groups is 1. The van der Waals surface area contributed by atoms with Gasteiger partial charge in [-0.2, -0.15) is 0 Å². The summed E-state index contributed by atoms with van der Waals surface area (Å²) in [5.41, 5.74) is 1.57. The maximum atomic E-state index is 13.2. The predicted molar refractivity (Wildman–Crippen MR) is 101 cm³/mol. The van der Waals surface area contributed by atoms with Crippen molar-refractivity contribution >= 4 is 27.5 Å². The number of thioether (sulfide) groups is 1. The molecule has 3 rings (SSSR count). The third-order valence-corrected chi connectivity index (χ3v) is 9.29. The van der Waals surface area contributed by atoms with E-state index in [1.54, 1.807) is 29.4 Å². The quantitative estimate of drug-likeness (QED) is 0.521. The third-order valence-electron chi connectivity index (χ3n) is 5.43. The summed E-state index contributed by atoms with van der Waals surface area (Å²) in [6.07, 6.45) is 6.52. The van der Waals surface area contributed by atoms with Crippen LogP contribution in [0.2, 0.25) is 0 Å². The number of carbonyl (C=O) groups is 1. The first-order valence-corrected chi connectivity index (χ1v) is 11.5. The van der Waals surface area contributed by atoms with Crippen molar-refractivity contribution in [2.75, 3.05) is 13.1 Å². The minimum atomic E-state index is -3.91. The van der Waals surface area contributed by atoms with E-state index in [1.165, 1.54) is 32.1 Å². The Morgan fingerprint density at radius 2 is 1.73 bits per heavy atom. The average molecular weight is 399 g/mol. The van der Waals surface area contributed by atoms with Gasteiger partial charge in [0.1, 0.15) is 0 Å².